The summed E-state index contributed by atoms with van der Waals surface area (Å²) in [5, 5.41) is 21.0. The fraction of sp³-hybridized carbons (Fsp3) is 0.312. The molecule has 1 aromatic heterocycles. The molecule has 1 aromatic carbocycles. The Morgan fingerprint density at radius 2 is 2.20 bits per heavy atom. The Hall–Kier alpha value is -1.83. The van der Waals surface area contributed by atoms with E-state index in [0.717, 1.165) is 24.2 Å². The molecule has 0 aliphatic heterocycles. The van der Waals surface area contributed by atoms with Gasteiger partial charge in [-0.1, -0.05) is 12.1 Å². The molecule has 20 heavy (non-hydrogen) atoms. The zero-order chi connectivity index (χ0) is 14.5. The van der Waals surface area contributed by atoms with Crippen LogP contribution in [0.2, 0.25) is 0 Å². The van der Waals surface area contributed by atoms with Crippen LogP contribution in [0.15, 0.2) is 35.7 Å². The molecule has 2 rings (SSSR count). The Kier molecular flexibility index (Phi) is 4.78. The lowest BCUT2D eigenvalue weighted by Crippen LogP contribution is -2.22. The summed E-state index contributed by atoms with van der Waals surface area (Å²) in [6.45, 7) is 2.60. The summed E-state index contributed by atoms with van der Waals surface area (Å²) in [7, 11) is 2.00. The number of likely N-dealkylation sites (N-methyl/N-ethyl adjacent to an activating group) is 1. The Labute approximate surface area is 123 Å². The van der Waals surface area contributed by atoms with Crippen LogP contribution in [0.1, 0.15) is 29.0 Å². The summed E-state index contributed by atoms with van der Waals surface area (Å²) in [5.74, 6) is 0. The number of benzene rings is 1. The van der Waals surface area contributed by atoms with Gasteiger partial charge in [-0.25, -0.2) is 0 Å². The lowest BCUT2D eigenvalue weighted by atomic mass is 10.0. The van der Waals surface area contributed by atoms with Crippen LogP contribution in [0.3, 0.4) is 0 Å². The Morgan fingerprint density at radius 1 is 1.40 bits per heavy atom. The third kappa shape index (κ3) is 3.38. The normalized spacial score (nSPS) is 11.9. The molecule has 0 amide bonds. The van der Waals surface area contributed by atoms with Crippen LogP contribution in [0, 0.1) is 11.3 Å². The maximum Gasteiger partial charge on any atom is 0.0992 e. The van der Waals surface area contributed by atoms with Gasteiger partial charge in [-0.3, -0.25) is 0 Å². The smallest absolute Gasteiger partial charge is 0.0992 e. The number of thiophene rings is 1. The van der Waals surface area contributed by atoms with Gasteiger partial charge in [-0.15, -0.1) is 11.3 Å². The van der Waals surface area contributed by atoms with Gasteiger partial charge in [0.2, 0.25) is 0 Å². The minimum atomic E-state index is -0.540. The van der Waals surface area contributed by atoms with E-state index >= 15 is 0 Å². The van der Waals surface area contributed by atoms with E-state index in [-0.39, 0.29) is 0 Å². The Balaban J connectivity index is 2.18. The van der Waals surface area contributed by atoms with Gasteiger partial charge < -0.3 is 10.0 Å². The average molecular weight is 286 g/mol. The molecule has 1 N–H and O–H groups in total. The predicted molar refractivity (Wildman–Crippen MR) is 83.1 cm³/mol. The van der Waals surface area contributed by atoms with E-state index in [2.05, 4.69) is 28.5 Å². The average Bonchev–Trinajstić information content (AvgIpc) is 2.97. The molecular formula is C16H18N2OS. The lowest BCUT2D eigenvalue weighted by molar-refractivity contribution is 0.199. The van der Waals surface area contributed by atoms with E-state index in [0.29, 0.717) is 5.56 Å². The highest BCUT2D eigenvalue weighted by Crippen LogP contribution is 2.27. The van der Waals surface area contributed by atoms with Crippen molar-refractivity contribution in [2.24, 2.45) is 0 Å². The highest BCUT2D eigenvalue weighted by molar-refractivity contribution is 7.09. The second kappa shape index (κ2) is 6.56. The number of rotatable bonds is 5. The van der Waals surface area contributed by atoms with E-state index in [9.17, 15) is 5.11 Å². The summed E-state index contributed by atoms with van der Waals surface area (Å²) in [6, 6.07) is 11.8. The summed E-state index contributed by atoms with van der Waals surface area (Å²) >= 11 is 1.75. The van der Waals surface area contributed by atoms with Gasteiger partial charge in [0.05, 0.1) is 17.7 Å². The zero-order valence-corrected chi connectivity index (χ0v) is 12.5. The van der Waals surface area contributed by atoms with E-state index in [1.165, 1.54) is 4.88 Å². The van der Waals surface area contributed by atoms with Gasteiger partial charge in [0.1, 0.15) is 0 Å². The van der Waals surface area contributed by atoms with Crippen molar-refractivity contribution >= 4 is 17.0 Å². The quantitative estimate of drug-likeness (QED) is 0.917. The van der Waals surface area contributed by atoms with Crippen LogP contribution in [0.25, 0.3) is 0 Å². The molecule has 104 valence electrons. The highest BCUT2D eigenvalue weighted by atomic mass is 32.1. The van der Waals surface area contributed by atoms with E-state index < -0.39 is 6.10 Å². The number of nitrogens with zero attached hydrogens (tertiary/aromatic N) is 2. The molecule has 0 spiro atoms. The Bertz CT molecular complexity index is 599. The molecule has 4 heteroatoms. The maximum absolute atomic E-state index is 9.86. The topological polar surface area (TPSA) is 47.3 Å². The summed E-state index contributed by atoms with van der Waals surface area (Å²) < 4.78 is 0. The molecule has 0 unspecified atom stereocenters. The van der Waals surface area contributed by atoms with Crippen molar-refractivity contribution in [3.63, 3.8) is 0 Å². The first-order valence-corrected chi connectivity index (χ1v) is 7.45. The van der Waals surface area contributed by atoms with Crippen molar-refractivity contribution in [2.75, 3.05) is 18.5 Å². The van der Waals surface area contributed by atoms with Gasteiger partial charge in [-0.05, 0) is 36.9 Å². The van der Waals surface area contributed by atoms with Crippen molar-refractivity contribution in [3.8, 4) is 6.07 Å². The van der Waals surface area contributed by atoms with Crippen molar-refractivity contribution in [3.05, 3.63) is 51.7 Å². The number of anilines is 1. The first-order valence-electron chi connectivity index (χ1n) is 6.57. The molecule has 0 saturated carbocycles. The van der Waals surface area contributed by atoms with Crippen LogP contribution in [0.5, 0.6) is 0 Å². The highest BCUT2D eigenvalue weighted by Gasteiger charge is 2.12. The largest absolute Gasteiger partial charge is 0.389 e. The second-order valence-electron chi connectivity index (χ2n) is 4.81. The van der Waals surface area contributed by atoms with E-state index in [1.807, 2.05) is 19.2 Å². The molecule has 0 bridgehead atoms. The standard InChI is InChI=1S/C16H18N2OS/c1-12(19)15-6-5-13(11-17)10-16(15)18(2)8-7-14-4-3-9-20-14/h3-6,9-10,12,19H,7-8H2,1-2H3/t12-/m1/s1. The van der Waals surface area contributed by atoms with E-state index in [4.69, 9.17) is 5.26 Å². The summed E-state index contributed by atoms with van der Waals surface area (Å²) in [4.78, 5) is 3.44. The SMILES string of the molecule is C[C@@H](O)c1ccc(C#N)cc1N(C)CCc1cccs1. The second-order valence-corrected chi connectivity index (χ2v) is 5.84. The van der Waals surface area contributed by atoms with Gasteiger partial charge in [0.25, 0.3) is 0 Å². The first kappa shape index (κ1) is 14.6. The maximum atomic E-state index is 9.86. The van der Waals surface area contributed by atoms with Gasteiger partial charge in [0, 0.05) is 29.7 Å². The van der Waals surface area contributed by atoms with Crippen molar-refractivity contribution < 1.29 is 5.11 Å². The molecule has 0 aliphatic rings. The van der Waals surface area contributed by atoms with Crippen LogP contribution in [-0.4, -0.2) is 18.7 Å². The van der Waals surface area contributed by atoms with Crippen molar-refractivity contribution in [2.45, 2.75) is 19.4 Å². The molecule has 2 aromatic rings. The Morgan fingerprint density at radius 3 is 2.80 bits per heavy atom. The van der Waals surface area contributed by atoms with E-state index in [1.54, 1.807) is 24.3 Å². The predicted octanol–water partition coefficient (Wildman–Crippen LogP) is 3.35. The molecule has 0 saturated heterocycles. The van der Waals surface area contributed by atoms with Crippen molar-refractivity contribution in [1.29, 1.82) is 5.26 Å². The number of aliphatic hydroxyl groups is 1. The number of hydrogen-bond acceptors (Lipinski definition) is 4. The molecule has 0 fully saturated rings. The van der Waals surface area contributed by atoms with Crippen LogP contribution in [-0.2, 0) is 6.42 Å². The van der Waals surface area contributed by atoms with Gasteiger partial charge in [-0.2, -0.15) is 5.26 Å². The van der Waals surface area contributed by atoms with Crippen LogP contribution >= 0.6 is 11.3 Å². The molecule has 0 radical (unpaired) electrons. The minimum Gasteiger partial charge on any atom is -0.389 e. The van der Waals surface area contributed by atoms with Gasteiger partial charge >= 0.3 is 0 Å². The molecule has 3 nitrogen and oxygen atoms in total. The summed E-state index contributed by atoms with van der Waals surface area (Å²) in [6.07, 6.45) is 0.423. The third-order valence-corrected chi connectivity index (χ3v) is 4.23. The first-order chi connectivity index (χ1) is 9.61. The van der Waals surface area contributed by atoms with Crippen LogP contribution < -0.4 is 4.90 Å². The lowest BCUT2D eigenvalue weighted by Gasteiger charge is -2.23. The van der Waals surface area contributed by atoms with Crippen LogP contribution in [0.4, 0.5) is 5.69 Å². The monoisotopic (exact) mass is 286 g/mol. The number of nitriles is 1. The fourth-order valence-corrected chi connectivity index (χ4v) is 2.85. The number of hydrogen-bond donors (Lipinski definition) is 1. The van der Waals surface area contributed by atoms with Gasteiger partial charge in [0.15, 0.2) is 0 Å². The zero-order valence-electron chi connectivity index (χ0n) is 11.7. The molecular weight excluding hydrogens is 268 g/mol. The minimum absolute atomic E-state index is 0.540. The molecule has 1 heterocycles. The number of aliphatic hydroxyl groups excluding tert-OH is 1. The molecule has 0 aliphatic carbocycles. The van der Waals surface area contributed by atoms with Crippen molar-refractivity contribution in [1.82, 2.24) is 0 Å². The fourth-order valence-electron chi connectivity index (χ4n) is 2.15. The summed E-state index contributed by atoms with van der Waals surface area (Å²) in [5.41, 5.74) is 2.40. The molecule has 1 atom stereocenters. The third-order valence-electron chi connectivity index (χ3n) is 3.29.